The van der Waals surface area contributed by atoms with Crippen LogP contribution >= 0.6 is 0 Å². The summed E-state index contributed by atoms with van der Waals surface area (Å²) in [7, 11) is 0. The Hall–Kier alpha value is -0.0400. The van der Waals surface area contributed by atoms with Crippen molar-refractivity contribution in [1.29, 1.82) is 0 Å². The van der Waals surface area contributed by atoms with E-state index in [-0.39, 0.29) is 6.10 Å². The van der Waals surface area contributed by atoms with Gasteiger partial charge in [-0.2, -0.15) is 0 Å². The molecule has 0 bridgehead atoms. The Kier molecular flexibility index (Phi) is 5.50. The summed E-state index contributed by atoms with van der Waals surface area (Å²) in [6, 6.07) is 0. The molecule has 0 unspecified atom stereocenters. The minimum absolute atomic E-state index is 0.00985. The van der Waals surface area contributed by atoms with E-state index in [0.29, 0.717) is 10.8 Å². The lowest BCUT2D eigenvalue weighted by atomic mass is 9.47. The van der Waals surface area contributed by atoms with Crippen LogP contribution in [0, 0.1) is 52.3 Å². The van der Waals surface area contributed by atoms with Gasteiger partial charge < -0.3 is 5.11 Å². The summed E-state index contributed by atoms with van der Waals surface area (Å²) in [5.41, 5.74) is 1.06. The summed E-state index contributed by atoms with van der Waals surface area (Å²) in [5, 5.41) is 10.4. The average Bonchev–Trinajstić information content (AvgIpc) is 3.09. The highest BCUT2D eigenvalue weighted by Gasteiger charge is 2.61. The molecule has 0 saturated heterocycles. The largest absolute Gasteiger partial charge is 0.393 e. The van der Waals surface area contributed by atoms with Gasteiger partial charge >= 0.3 is 0 Å². The normalized spacial score (nSPS) is 50.3. The third kappa shape index (κ3) is 3.32. The molecule has 156 valence electrons. The summed E-state index contributed by atoms with van der Waals surface area (Å²) >= 11 is 0. The van der Waals surface area contributed by atoms with E-state index in [1.807, 2.05) is 0 Å². The van der Waals surface area contributed by atoms with Crippen molar-refractivity contribution in [2.45, 2.75) is 111 Å². The lowest BCUT2D eigenvalue weighted by molar-refractivity contribution is -0.0911. The molecule has 0 aromatic rings. The Morgan fingerprint density at radius 1 is 0.889 bits per heavy atom. The van der Waals surface area contributed by atoms with Crippen LogP contribution in [0.25, 0.3) is 0 Å². The third-order valence-corrected chi connectivity index (χ3v) is 10.5. The van der Waals surface area contributed by atoms with Crippen molar-refractivity contribution in [3.63, 3.8) is 0 Å². The molecular formula is C26H46O. The van der Waals surface area contributed by atoms with E-state index >= 15 is 0 Å². The molecule has 0 aliphatic heterocycles. The molecule has 0 aromatic carbocycles. The highest BCUT2D eigenvalue weighted by Crippen LogP contribution is 2.68. The van der Waals surface area contributed by atoms with Gasteiger partial charge in [0, 0.05) is 0 Å². The first-order chi connectivity index (χ1) is 12.8. The monoisotopic (exact) mass is 374 g/mol. The zero-order valence-corrected chi connectivity index (χ0v) is 18.8. The van der Waals surface area contributed by atoms with Crippen LogP contribution in [0.1, 0.15) is 105 Å². The van der Waals surface area contributed by atoms with Crippen LogP contribution in [0.3, 0.4) is 0 Å². The van der Waals surface area contributed by atoms with Crippen molar-refractivity contribution in [3.8, 4) is 0 Å². The van der Waals surface area contributed by atoms with Crippen molar-refractivity contribution >= 4 is 0 Å². The van der Waals surface area contributed by atoms with Crippen molar-refractivity contribution in [3.05, 3.63) is 0 Å². The molecule has 0 amide bonds. The Balaban J connectivity index is 1.47. The Morgan fingerprint density at radius 2 is 1.63 bits per heavy atom. The minimum atomic E-state index is -0.00985. The molecule has 4 saturated carbocycles. The van der Waals surface area contributed by atoms with Gasteiger partial charge in [0.2, 0.25) is 0 Å². The lowest BCUT2D eigenvalue weighted by Gasteiger charge is -2.58. The number of aliphatic hydroxyl groups is 1. The van der Waals surface area contributed by atoms with Crippen LogP contribution in [-0.2, 0) is 0 Å². The highest BCUT2D eigenvalue weighted by atomic mass is 16.3. The van der Waals surface area contributed by atoms with Gasteiger partial charge in [0.15, 0.2) is 0 Å². The molecule has 4 fully saturated rings. The summed E-state index contributed by atoms with van der Waals surface area (Å²) in [5.74, 6) is 6.39. The van der Waals surface area contributed by atoms with Crippen molar-refractivity contribution in [2.24, 2.45) is 52.3 Å². The van der Waals surface area contributed by atoms with Crippen molar-refractivity contribution < 1.29 is 5.11 Å². The fourth-order valence-corrected chi connectivity index (χ4v) is 9.18. The van der Waals surface area contributed by atoms with Gasteiger partial charge in [-0.25, -0.2) is 0 Å². The molecule has 0 aromatic heterocycles. The Bertz CT molecular complexity index is 526. The number of hydrogen-bond donors (Lipinski definition) is 1. The van der Waals surface area contributed by atoms with Crippen LogP contribution in [0.15, 0.2) is 0 Å². The van der Waals surface area contributed by atoms with Crippen molar-refractivity contribution in [1.82, 2.24) is 0 Å². The fourth-order valence-electron chi connectivity index (χ4n) is 9.18. The molecule has 9 atom stereocenters. The quantitative estimate of drug-likeness (QED) is 0.545. The topological polar surface area (TPSA) is 20.2 Å². The molecule has 1 heteroatoms. The first-order valence-electron chi connectivity index (χ1n) is 12.4. The van der Waals surface area contributed by atoms with Crippen LogP contribution in [-0.4, -0.2) is 11.2 Å². The molecule has 4 aliphatic rings. The summed E-state index contributed by atoms with van der Waals surface area (Å²) in [6.07, 6.45) is 15.2. The zero-order valence-electron chi connectivity index (χ0n) is 18.8. The zero-order chi connectivity index (χ0) is 19.4. The van der Waals surface area contributed by atoms with Crippen LogP contribution in [0.4, 0.5) is 0 Å². The van der Waals surface area contributed by atoms with E-state index in [9.17, 15) is 5.11 Å². The van der Waals surface area contributed by atoms with Crippen molar-refractivity contribution in [2.75, 3.05) is 0 Å². The predicted octanol–water partition coefficient (Wildman–Crippen LogP) is 7.08. The molecule has 4 rings (SSSR count). The smallest absolute Gasteiger partial charge is 0.0548 e. The average molecular weight is 375 g/mol. The summed E-state index contributed by atoms with van der Waals surface area (Å²) in [4.78, 5) is 0. The fraction of sp³-hybridized carbons (Fsp3) is 1.00. The molecule has 0 spiro atoms. The molecule has 27 heavy (non-hydrogen) atoms. The number of aliphatic hydroxyl groups excluding tert-OH is 1. The Morgan fingerprint density at radius 3 is 2.37 bits per heavy atom. The first-order valence-corrected chi connectivity index (χ1v) is 12.4. The number of fused-ring (bicyclic) bond motifs is 5. The van der Waals surface area contributed by atoms with Gasteiger partial charge in [0.05, 0.1) is 6.10 Å². The predicted molar refractivity (Wildman–Crippen MR) is 114 cm³/mol. The van der Waals surface area contributed by atoms with Gasteiger partial charge in [0.1, 0.15) is 0 Å². The summed E-state index contributed by atoms with van der Waals surface area (Å²) in [6.45, 7) is 12.6. The van der Waals surface area contributed by atoms with Gasteiger partial charge in [-0.15, -0.1) is 0 Å². The Labute approximate surface area is 169 Å². The number of rotatable bonds is 5. The third-order valence-electron chi connectivity index (χ3n) is 10.5. The molecular weight excluding hydrogens is 328 g/mol. The van der Waals surface area contributed by atoms with Gasteiger partial charge in [-0.05, 0) is 104 Å². The van der Waals surface area contributed by atoms with Crippen LogP contribution in [0.2, 0.25) is 0 Å². The second kappa shape index (κ2) is 7.33. The maximum absolute atomic E-state index is 10.4. The van der Waals surface area contributed by atoms with E-state index in [1.54, 1.807) is 0 Å². The van der Waals surface area contributed by atoms with Gasteiger partial charge in [0.25, 0.3) is 0 Å². The van der Waals surface area contributed by atoms with Gasteiger partial charge in [-0.3, -0.25) is 0 Å². The molecule has 0 heterocycles. The van der Waals surface area contributed by atoms with Gasteiger partial charge in [-0.1, -0.05) is 53.9 Å². The van der Waals surface area contributed by atoms with E-state index < -0.39 is 0 Å². The van der Waals surface area contributed by atoms with E-state index in [2.05, 4.69) is 34.6 Å². The standard InChI is InChI=1S/C26H46O/c1-17(2)7-6-8-18(3)22-11-12-23-21-10-9-19-15-20(27)16-26(19,5)24(21)13-14-25(22,23)4/h17-24,27H,6-16H2,1-5H3/t18-,19+,20-,21-,22-,23+,24-,25-,26+/m1/s1. The molecule has 1 N–H and O–H groups in total. The maximum Gasteiger partial charge on any atom is 0.0548 e. The maximum atomic E-state index is 10.4. The number of hydrogen-bond acceptors (Lipinski definition) is 1. The van der Waals surface area contributed by atoms with E-state index in [4.69, 9.17) is 0 Å². The second-order valence-electron chi connectivity index (χ2n) is 12.3. The first kappa shape index (κ1) is 20.2. The van der Waals surface area contributed by atoms with Crippen LogP contribution < -0.4 is 0 Å². The summed E-state index contributed by atoms with van der Waals surface area (Å²) < 4.78 is 0. The molecule has 0 radical (unpaired) electrons. The SMILES string of the molecule is CC(C)CCC[C@@H](C)[C@H]1CC[C@H]2[C@H]3CC[C@H]4C[C@@H](O)C[C@]4(C)[C@@H]3CC[C@]12C. The molecule has 1 nitrogen and oxygen atoms in total. The molecule has 4 aliphatic carbocycles. The second-order valence-corrected chi connectivity index (χ2v) is 12.3. The van der Waals surface area contributed by atoms with E-state index in [0.717, 1.165) is 54.3 Å². The lowest BCUT2D eigenvalue weighted by Crippen LogP contribution is -2.50. The van der Waals surface area contributed by atoms with E-state index in [1.165, 1.54) is 57.8 Å². The highest BCUT2D eigenvalue weighted by molar-refractivity contribution is 5.10. The minimum Gasteiger partial charge on any atom is -0.393 e. The van der Waals surface area contributed by atoms with Crippen LogP contribution in [0.5, 0.6) is 0 Å².